The molecule has 0 spiro atoms. The monoisotopic (exact) mass is 238 g/mol. The second-order valence-electron chi connectivity index (χ2n) is 3.62. The molecule has 0 aromatic carbocycles. The molecule has 0 saturated heterocycles. The first-order chi connectivity index (χ1) is 8.00. The van der Waals surface area contributed by atoms with Gasteiger partial charge in [0.25, 0.3) is 5.69 Å². The van der Waals surface area contributed by atoms with Gasteiger partial charge in [0.05, 0.1) is 11.0 Å². The Bertz CT molecular complexity index is 420. The van der Waals surface area contributed by atoms with E-state index in [0.29, 0.717) is 18.8 Å². The van der Waals surface area contributed by atoms with Crippen molar-refractivity contribution in [1.82, 2.24) is 9.88 Å². The minimum atomic E-state index is -0.488. The van der Waals surface area contributed by atoms with Gasteiger partial charge in [0.2, 0.25) is 5.91 Å². The number of nitrogens with one attached hydrogen (secondary N) is 1. The fourth-order valence-electron chi connectivity index (χ4n) is 1.15. The van der Waals surface area contributed by atoms with Crippen LogP contribution in [0.5, 0.6) is 0 Å². The molecule has 0 bridgehead atoms. The van der Waals surface area contributed by atoms with Crippen LogP contribution in [0.4, 0.5) is 11.5 Å². The molecule has 1 rings (SSSR count). The van der Waals surface area contributed by atoms with Gasteiger partial charge >= 0.3 is 0 Å². The molecule has 1 aromatic rings. The molecule has 0 fully saturated rings. The summed E-state index contributed by atoms with van der Waals surface area (Å²) in [6, 6.07) is 2.65. The Morgan fingerprint density at radius 3 is 2.88 bits per heavy atom. The number of rotatable bonds is 5. The summed E-state index contributed by atoms with van der Waals surface area (Å²) in [6.45, 7) is 0.394. The third-order valence-electron chi connectivity index (χ3n) is 2.10. The van der Waals surface area contributed by atoms with Crippen molar-refractivity contribution in [3.8, 4) is 0 Å². The second kappa shape index (κ2) is 5.78. The topological polar surface area (TPSA) is 88.4 Å². The van der Waals surface area contributed by atoms with Crippen LogP contribution in [0.15, 0.2) is 18.3 Å². The predicted molar refractivity (Wildman–Crippen MR) is 62.7 cm³/mol. The number of anilines is 1. The zero-order chi connectivity index (χ0) is 12.8. The summed E-state index contributed by atoms with van der Waals surface area (Å²) < 4.78 is 0. The van der Waals surface area contributed by atoms with Crippen LogP contribution < -0.4 is 5.32 Å². The van der Waals surface area contributed by atoms with E-state index in [-0.39, 0.29) is 11.6 Å². The third-order valence-corrected chi connectivity index (χ3v) is 2.10. The van der Waals surface area contributed by atoms with E-state index < -0.39 is 4.92 Å². The highest BCUT2D eigenvalue weighted by Crippen LogP contribution is 2.13. The summed E-state index contributed by atoms with van der Waals surface area (Å²) >= 11 is 0. The first-order valence-electron chi connectivity index (χ1n) is 5.05. The maximum atomic E-state index is 11.3. The predicted octanol–water partition coefficient (Wildman–Crippen LogP) is 0.880. The first kappa shape index (κ1) is 12.9. The number of hydrogen-bond acceptors (Lipinski definition) is 5. The van der Waals surface area contributed by atoms with Crippen LogP contribution in [-0.4, -0.2) is 41.4 Å². The zero-order valence-electron chi connectivity index (χ0n) is 9.71. The fraction of sp³-hybridized carbons (Fsp3) is 0.400. The Kier molecular flexibility index (Phi) is 4.38. The Morgan fingerprint density at radius 1 is 1.59 bits per heavy atom. The smallest absolute Gasteiger partial charge is 0.274 e. The van der Waals surface area contributed by atoms with Gasteiger partial charge in [-0.2, -0.15) is 0 Å². The van der Waals surface area contributed by atoms with E-state index in [1.165, 1.54) is 23.2 Å². The number of carbonyl (C=O) groups is 1. The maximum absolute atomic E-state index is 11.3. The molecular formula is C10H14N4O3. The van der Waals surface area contributed by atoms with Gasteiger partial charge in [0, 0.05) is 39.3 Å². The lowest BCUT2D eigenvalue weighted by Crippen LogP contribution is -2.24. The summed E-state index contributed by atoms with van der Waals surface area (Å²) in [5.41, 5.74) is -0.0264. The van der Waals surface area contributed by atoms with Crippen LogP contribution in [0.25, 0.3) is 0 Å². The molecule has 0 aliphatic rings. The lowest BCUT2D eigenvalue weighted by Gasteiger charge is -2.10. The molecule has 0 saturated carbocycles. The van der Waals surface area contributed by atoms with Crippen molar-refractivity contribution in [3.63, 3.8) is 0 Å². The highest BCUT2D eigenvalue weighted by molar-refractivity contribution is 5.76. The molecule has 0 aliphatic carbocycles. The molecular weight excluding hydrogens is 224 g/mol. The molecule has 17 heavy (non-hydrogen) atoms. The molecule has 0 unspecified atom stereocenters. The number of amides is 1. The number of aromatic nitrogens is 1. The third kappa shape index (κ3) is 4.06. The van der Waals surface area contributed by atoms with Gasteiger partial charge in [-0.05, 0) is 0 Å². The van der Waals surface area contributed by atoms with E-state index in [2.05, 4.69) is 10.3 Å². The molecule has 0 aliphatic heterocycles. The Balaban J connectivity index is 2.50. The highest BCUT2D eigenvalue weighted by atomic mass is 16.6. The quantitative estimate of drug-likeness (QED) is 0.607. The van der Waals surface area contributed by atoms with Gasteiger partial charge in [-0.15, -0.1) is 0 Å². The molecule has 1 heterocycles. The largest absolute Gasteiger partial charge is 0.369 e. The zero-order valence-corrected chi connectivity index (χ0v) is 9.71. The van der Waals surface area contributed by atoms with Crippen molar-refractivity contribution >= 4 is 17.4 Å². The number of carbonyl (C=O) groups excluding carboxylic acids is 1. The molecule has 7 heteroatoms. The first-order valence-corrected chi connectivity index (χ1v) is 5.05. The standard InChI is InChI=1S/C10H14N4O3/c1-13(2)10(15)4-6-12-9-7-8(14(16)17)3-5-11-9/h3,5,7H,4,6H2,1-2H3,(H,11,12). The van der Waals surface area contributed by atoms with Crippen molar-refractivity contribution in [2.24, 2.45) is 0 Å². The van der Waals surface area contributed by atoms with Crippen LogP contribution in [0.2, 0.25) is 0 Å². The van der Waals surface area contributed by atoms with Gasteiger partial charge in [-0.25, -0.2) is 4.98 Å². The molecule has 7 nitrogen and oxygen atoms in total. The summed E-state index contributed by atoms with van der Waals surface area (Å²) in [6.07, 6.45) is 1.67. The average Bonchev–Trinajstić information content (AvgIpc) is 2.29. The van der Waals surface area contributed by atoms with Crippen molar-refractivity contribution < 1.29 is 9.72 Å². The second-order valence-corrected chi connectivity index (χ2v) is 3.62. The van der Waals surface area contributed by atoms with Crippen molar-refractivity contribution in [3.05, 3.63) is 28.4 Å². The van der Waals surface area contributed by atoms with E-state index in [0.717, 1.165) is 0 Å². The Hall–Kier alpha value is -2.18. The van der Waals surface area contributed by atoms with Crippen LogP contribution in [0.1, 0.15) is 6.42 Å². The number of nitrogens with zero attached hydrogens (tertiary/aromatic N) is 3. The minimum absolute atomic E-state index is 0.0112. The van der Waals surface area contributed by atoms with Crippen molar-refractivity contribution in [2.75, 3.05) is 26.0 Å². The molecule has 1 amide bonds. The van der Waals surface area contributed by atoms with Gasteiger partial charge < -0.3 is 10.2 Å². The number of nitro groups is 1. The van der Waals surface area contributed by atoms with Crippen LogP contribution in [-0.2, 0) is 4.79 Å². The van der Waals surface area contributed by atoms with Crippen LogP contribution in [0.3, 0.4) is 0 Å². The molecule has 0 atom stereocenters. The van der Waals surface area contributed by atoms with E-state index in [1.807, 2.05) is 0 Å². The normalized spacial score (nSPS) is 9.76. The fourth-order valence-corrected chi connectivity index (χ4v) is 1.15. The Morgan fingerprint density at radius 2 is 2.29 bits per heavy atom. The summed E-state index contributed by atoms with van der Waals surface area (Å²) in [4.78, 5) is 26.7. The maximum Gasteiger partial charge on any atom is 0.274 e. The van der Waals surface area contributed by atoms with E-state index in [9.17, 15) is 14.9 Å². The summed E-state index contributed by atoms with van der Waals surface area (Å²) in [5.74, 6) is 0.383. The molecule has 1 aromatic heterocycles. The highest BCUT2D eigenvalue weighted by Gasteiger charge is 2.07. The SMILES string of the molecule is CN(C)C(=O)CCNc1cc([N+](=O)[O-])ccn1. The Labute approximate surface area is 98.6 Å². The molecule has 92 valence electrons. The van der Waals surface area contributed by atoms with Gasteiger partial charge in [-0.3, -0.25) is 14.9 Å². The number of hydrogen-bond donors (Lipinski definition) is 1. The van der Waals surface area contributed by atoms with Gasteiger partial charge in [0.15, 0.2) is 0 Å². The van der Waals surface area contributed by atoms with Crippen LogP contribution in [0, 0.1) is 10.1 Å². The van der Waals surface area contributed by atoms with Gasteiger partial charge in [0.1, 0.15) is 5.82 Å². The molecule has 1 N–H and O–H groups in total. The van der Waals surface area contributed by atoms with E-state index in [1.54, 1.807) is 14.1 Å². The van der Waals surface area contributed by atoms with E-state index >= 15 is 0 Å². The van der Waals surface area contributed by atoms with Crippen LogP contribution >= 0.6 is 0 Å². The van der Waals surface area contributed by atoms with Crippen molar-refractivity contribution in [1.29, 1.82) is 0 Å². The summed E-state index contributed by atoms with van der Waals surface area (Å²) in [7, 11) is 3.35. The number of pyridine rings is 1. The molecule has 0 radical (unpaired) electrons. The summed E-state index contributed by atoms with van der Waals surface area (Å²) in [5, 5.41) is 13.4. The minimum Gasteiger partial charge on any atom is -0.369 e. The van der Waals surface area contributed by atoms with E-state index in [4.69, 9.17) is 0 Å². The average molecular weight is 238 g/mol. The van der Waals surface area contributed by atoms with Crippen molar-refractivity contribution in [2.45, 2.75) is 6.42 Å². The lowest BCUT2D eigenvalue weighted by molar-refractivity contribution is -0.384. The van der Waals surface area contributed by atoms with Gasteiger partial charge in [-0.1, -0.05) is 0 Å². The lowest BCUT2D eigenvalue weighted by atomic mass is 10.3.